The van der Waals surface area contributed by atoms with E-state index in [0.717, 1.165) is 74.5 Å². The van der Waals surface area contributed by atoms with E-state index in [-0.39, 0.29) is 23.7 Å². The van der Waals surface area contributed by atoms with Gasteiger partial charge in [-0.25, -0.2) is 4.79 Å². The van der Waals surface area contributed by atoms with E-state index in [1.807, 2.05) is 47.5 Å². The van der Waals surface area contributed by atoms with Crippen molar-refractivity contribution in [1.82, 2.24) is 24.0 Å². The highest BCUT2D eigenvalue weighted by Crippen LogP contribution is 2.39. The summed E-state index contributed by atoms with van der Waals surface area (Å²) in [4.78, 5) is 37.2. The fourth-order valence-corrected chi connectivity index (χ4v) is 7.00. The number of nitrogens with zero attached hydrogens (tertiary/aromatic N) is 5. The molecule has 2 atom stereocenters. The first-order valence-electron chi connectivity index (χ1n) is 14.4. The average molecular weight is 552 g/mol. The van der Waals surface area contributed by atoms with Crippen LogP contribution < -0.4 is 5.69 Å². The van der Waals surface area contributed by atoms with E-state index in [0.29, 0.717) is 0 Å². The zero-order chi connectivity index (χ0) is 28.5. The van der Waals surface area contributed by atoms with Crippen molar-refractivity contribution in [3.05, 3.63) is 107 Å². The maximum absolute atomic E-state index is 13.7. The Morgan fingerprint density at radius 1 is 0.857 bits per heavy atom. The van der Waals surface area contributed by atoms with E-state index in [1.54, 1.807) is 29.3 Å². The van der Waals surface area contributed by atoms with Gasteiger partial charge in [-0.3, -0.25) is 23.9 Å². The van der Waals surface area contributed by atoms with Crippen LogP contribution in [0.15, 0.2) is 96.1 Å². The van der Waals surface area contributed by atoms with Gasteiger partial charge < -0.3 is 4.90 Å². The van der Waals surface area contributed by atoms with Gasteiger partial charge in [-0.2, -0.15) is 0 Å². The Balaban J connectivity index is 1.24. The topological polar surface area (TPSA) is 73.0 Å². The van der Waals surface area contributed by atoms with Gasteiger partial charge in [0.2, 0.25) is 5.91 Å². The summed E-state index contributed by atoms with van der Waals surface area (Å²) in [5.74, 6) is 0.158. The van der Waals surface area contributed by atoms with Crippen molar-refractivity contribution in [1.29, 1.82) is 0 Å². The summed E-state index contributed by atoms with van der Waals surface area (Å²) in [5, 5.41) is 1.99. The molecule has 1 fully saturated rings. The number of amides is 1. The maximum atomic E-state index is 13.7. The molecule has 2 aliphatic rings. The number of benzene rings is 3. The molecule has 7 nitrogen and oxygen atoms in total. The molecule has 2 unspecified atom stereocenters. The molecule has 3 aromatic heterocycles. The van der Waals surface area contributed by atoms with Gasteiger partial charge in [0.05, 0.1) is 40.0 Å². The smallest absolute Gasteiger partial charge is 0.333 e. The minimum Gasteiger partial charge on any atom is -0.333 e. The quantitative estimate of drug-likeness (QED) is 0.260. The Labute approximate surface area is 242 Å². The summed E-state index contributed by atoms with van der Waals surface area (Å²) in [6.07, 6.45) is 8.88. The van der Waals surface area contributed by atoms with Crippen LogP contribution in [0.5, 0.6) is 0 Å². The van der Waals surface area contributed by atoms with Crippen molar-refractivity contribution in [3.63, 3.8) is 0 Å². The van der Waals surface area contributed by atoms with Crippen molar-refractivity contribution >= 4 is 44.3 Å². The molecule has 1 amide bonds. The summed E-state index contributed by atoms with van der Waals surface area (Å²) < 4.78 is 3.46. The van der Waals surface area contributed by atoms with E-state index in [9.17, 15) is 9.59 Å². The largest absolute Gasteiger partial charge is 0.333 e. The van der Waals surface area contributed by atoms with E-state index in [4.69, 9.17) is 4.98 Å². The molecule has 7 heteroatoms. The molecular formula is C35H29N5O2. The summed E-state index contributed by atoms with van der Waals surface area (Å²) in [6, 6.07) is 25.1. The highest BCUT2D eigenvalue weighted by molar-refractivity contribution is 6.05. The molecule has 206 valence electrons. The molecule has 5 heterocycles. The molecule has 2 bridgehead atoms. The van der Waals surface area contributed by atoms with E-state index in [1.165, 1.54) is 5.57 Å². The highest BCUT2D eigenvalue weighted by atomic mass is 16.2. The second-order valence-corrected chi connectivity index (χ2v) is 11.5. The normalized spacial score (nSPS) is 18.2. The van der Waals surface area contributed by atoms with Gasteiger partial charge in [0.1, 0.15) is 0 Å². The van der Waals surface area contributed by atoms with Crippen LogP contribution in [0.4, 0.5) is 0 Å². The zero-order valence-corrected chi connectivity index (χ0v) is 23.5. The number of hydrogen-bond acceptors (Lipinski definition) is 4. The van der Waals surface area contributed by atoms with Crippen molar-refractivity contribution in [2.45, 2.75) is 38.3 Å². The second kappa shape index (κ2) is 9.24. The van der Waals surface area contributed by atoms with Gasteiger partial charge in [0.25, 0.3) is 0 Å². The standard InChI is InChI=1S/C35H29N5O2/c1-21(41)39-28-12-13-29(39)17-25(16-28)22-7-10-27(11-8-22)40-34-30-18-23(26-15-24-5-3-4-6-31(24)36-19-26)9-14-32(30)37-20-33(34)38(2)35(40)42/h3-11,14-16,18-20,28-29H,12-13,17H2,1-2H3. The molecule has 0 radical (unpaired) electrons. The summed E-state index contributed by atoms with van der Waals surface area (Å²) in [6.45, 7) is 1.67. The predicted molar refractivity (Wildman–Crippen MR) is 166 cm³/mol. The number of carbonyl (C=O) groups excluding carboxylic acids is 1. The first-order valence-corrected chi connectivity index (χ1v) is 14.4. The molecule has 8 rings (SSSR count). The van der Waals surface area contributed by atoms with Crippen LogP contribution in [-0.4, -0.2) is 42.0 Å². The van der Waals surface area contributed by atoms with Gasteiger partial charge >= 0.3 is 5.69 Å². The predicted octanol–water partition coefficient (Wildman–Crippen LogP) is 6.26. The molecule has 0 aliphatic carbocycles. The lowest BCUT2D eigenvalue weighted by atomic mass is 9.94. The monoisotopic (exact) mass is 551 g/mol. The molecule has 3 aromatic carbocycles. The van der Waals surface area contributed by atoms with Crippen LogP contribution in [-0.2, 0) is 11.8 Å². The van der Waals surface area contributed by atoms with E-state index in [2.05, 4.69) is 47.5 Å². The fourth-order valence-electron chi connectivity index (χ4n) is 7.00. The molecule has 0 spiro atoms. The van der Waals surface area contributed by atoms with E-state index >= 15 is 0 Å². The molecule has 0 saturated carbocycles. The number of carbonyl (C=O) groups is 1. The third-order valence-corrected chi connectivity index (χ3v) is 9.06. The summed E-state index contributed by atoms with van der Waals surface area (Å²) in [7, 11) is 1.80. The van der Waals surface area contributed by atoms with Gasteiger partial charge in [-0.15, -0.1) is 0 Å². The Morgan fingerprint density at radius 3 is 2.45 bits per heavy atom. The summed E-state index contributed by atoms with van der Waals surface area (Å²) in [5.41, 5.74) is 8.55. The number of aromatic nitrogens is 4. The third-order valence-electron chi connectivity index (χ3n) is 9.06. The number of fused-ring (bicyclic) bond motifs is 6. The Kier molecular flexibility index (Phi) is 5.44. The molecular weight excluding hydrogens is 522 g/mol. The van der Waals surface area contributed by atoms with Crippen LogP contribution >= 0.6 is 0 Å². The number of aryl methyl sites for hydroxylation is 1. The fraction of sp³-hybridized carbons (Fsp3) is 0.200. The van der Waals surface area contributed by atoms with Crippen LogP contribution in [0.2, 0.25) is 0 Å². The maximum Gasteiger partial charge on any atom is 0.333 e. The van der Waals surface area contributed by atoms with Crippen LogP contribution in [0.25, 0.3) is 55.2 Å². The first-order chi connectivity index (χ1) is 20.5. The number of pyridine rings is 2. The van der Waals surface area contributed by atoms with Crippen molar-refractivity contribution in [3.8, 4) is 16.8 Å². The second-order valence-electron chi connectivity index (χ2n) is 11.5. The van der Waals surface area contributed by atoms with Crippen LogP contribution in [0.3, 0.4) is 0 Å². The van der Waals surface area contributed by atoms with Crippen LogP contribution in [0.1, 0.15) is 31.7 Å². The SMILES string of the molecule is CC(=O)N1C2C=C(c3ccc(-n4c(=O)n(C)c5cnc6ccc(-c7cnc8ccccc8c7)cc6c54)cc3)CC1CC2. The lowest BCUT2D eigenvalue weighted by molar-refractivity contribution is -0.131. The molecule has 42 heavy (non-hydrogen) atoms. The van der Waals surface area contributed by atoms with Gasteiger partial charge in [0, 0.05) is 42.5 Å². The Bertz CT molecular complexity index is 2160. The minimum absolute atomic E-state index is 0.114. The third kappa shape index (κ3) is 3.73. The molecule has 0 N–H and O–H groups in total. The average Bonchev–Trinajstić information content (AvgIpc) is 3.45. The van der Waals surface area contributed by atoms with Crippen molar-refractivity contribution < 1.29 is 4.79 Å². The van der Waals surface area contributed by atoms with Gasteiger partial charge in [-0.1, -0.05) is 42.5 Å². The Hall–Kier alpha value is -5.04. The first kappa shape index (κ1) is 24.7. The Morgan fingerprint density at radius 2 is 1.64 bits per heavy atom. The molecule has 2 aliphatic heterocycles. The van der Waals surface area contributed by atoms with Crippen LogP contribution in [0, 0.1) is 0 Å². The van der Waals surface area contributed by atoms with Crippen molar-refractivity contribution in [2.75, 3.05) is 0 Å². The number of hydrogen-bond donors (Lipinski definition) is 0. The summed E-state index contributed by atoms with van der Waals surface area (Å²) >= 11 is 0. The number of imidazole rings is 1. The number of para-hydroxylation sites is 1. The molecule has 1 saturated heterocycles. The minimum atomic E-state index is -0.114. The molecule has 6 aromatic rings. The number of rotatable bonds is 3. The highest BCUT2D eigenvalue weighted by Gasteiger charge is 2.38. The van der Waals surface area contributed by atoms with Gasteiger partial charge in [0.15, 0.2) is 0 Å². The lowest BCUT2D eigenvalue weighted by Gasteiger charge is -2.33. The van der Waals surface area contributed by atoms with Crippen molar-refractivity contribution in [2.24, 2.45) is 7.05 Å². The van der Waals surface area contributed by atoms with E-state index < -0.39 is 0 Å². The van der Waals surface area contributed by atoms with Gasteiger partial charge in [-0.05, 0) is 72.4 Å². The zero-order valence-electron chi connectivity index (χ0n) is 23.5. The lowest BCUT2D eigenvalue weighted by Crippen LogP contribution is -2.41.